The normalized spacial score (nSPS) is 12.7. The van der Waals surface area contributed by atoms with Crippen molar-refractivity contribution in [3.05, 3.63) is 28.8 Å². The number of halogens is 4. The van der Waals surface area contributed by atoms with E-state index in [4.69, 9.17) is 11.6 Å². The number of nitrogens with one attached hydrogen (secondary N) is 1. The Morgan fingerprint density at radius 2 is 1.69 bits per heavy atom. The summed E-state index contributed by atoms with van der Waals surface area (Å²) < 4.78 is 37.2. The summed E-state index contributed by atoms with van der Waals surface area (Å²) in [5, 5.41) is 2.76. The third-order valence-corrected chi connectivity index (χ3v) is 2.11. The van der Waals surface area contributed by atoms with Crippen LogP contribution in [-0.2, 0) is 6.18 Å². The van der Waals surface area contributed by atoms with Crippen molar-refractivity contribution >= 4 is 17.3 Å². The molecule has 0 aliphatic carbocycles. The maximum absolute atomic E-state index is 12.4. The molecule has 0 aromatic heterocycles. The molecule has 0 bridgehead atoms. The monoisotopic (exact) mass is 251 g/mol. The number of rotatable bonds is 1. The van der Waals surface area contributed by atoms with Crippen molar-refractivity contribution in [3.63, 3.8) is 0 Å². The molecule has 0 saturated carbocycles. The van der Waals surface area contributed by atoms with E-state index in [9.17, 15) is 13.2 Å². The quantitative estimate of drug-likeness (QED) is 0.771. The molecule has 0 heterocycles. The Balaban J connectivity index is 3.01. The van der Waals surface area contributed by atoms with Gasteiger partial charge in [0.15, 0.2) is 0 Å². The van der Waals surface area contributed by atoms with Gasteiger partial charge in [-0.1, -0.05) is 11.6 Å². The zero-order chi connectivity index (χ0) is 12.6. The maximum Gasteiger partial charge on any atom is 0.417 e. The molecule has 1 N–H and O–H groups in total. The lowest BCUT2D eigenvalue weighted by molar-refractivity contribution is -0.137. The number of alkyl halides is 3. The first kappa shape index (κ1) is 13.2. The van der Waals surface area contributed by atoms with Gasteiger partial charge < -0.3 is 5.32 Å². The molecule has 0 aliphatic rings. The van der Waals surface area contributed by atoms with Gasteiger partial charge in [0.05, 0.1) is 10.6 Å². The molecule has 0 radical (unpaired) electrons. The Bertz CT molecular complexity index is 380. The minimum absolute atomic E-state index is 0.219. The van der Waals surface area contributed by atoms with E-state index in [2.05, 4.69) is 5.32 Å². The predicted molar refractivity (Wildman–Crippen MR) is 59.8 cm³/mol. The first-order valence-corrected chi connectivity index (χ1v) is 5.12. The highest BCUT2D eigenvalue weighted by molar-refractivity contribution is 6.31. The highest BCUT2D eigenvalue weighted by atomic mass is 35.5. The number of benzene rings is 1. The van der Waals surface area contributed by atoms with Crippen LogP contribution in [-0.4, -0.2) is 5.54 Å². The highest BCUT2D eigenvalue weighted by Gasteiger charge is 2.33. The van der Waals surface area contributed by atoms with E-state index >= 15 is 0 Å². The van der Waals surface area contributed by atoms with Gasteiger partial charge >= 0.3 is 6.18 Å². The molecule has 90 valence electrons. The van der Waals surface area contributed by atoms with Crippen LogP contribution in [0.2, 0.25) is 5.02 Å². The van der Waals surface area contributed by atoms with Crippen LogP contribution in [0.3, 0.4) is 0 Å². The van der Waals surface area contributed by atoms with Gasteiger partial charge in [0.2, 0.25) is 0 Å². The standard InChI is InChI=1S/C11H13ClF3N/c1-10(2,3)16-7-4-5-8(9(12)6-7)11(13,14)15/h4-6,16H,1-3H3. The molecule has 1 nitrogen and oxygen atoms in total. The number of anilines is 1. The van der Waals surface area contributed by atoms with Crippen molar-refractivity contribution < 1.29 is 13.2 Å². The van der Waals surface area contributed by atoms with Crippen LogP contribution in [0.25, 0.3) is 0 Å². The molecule has 0 aliphatic heterocycles. The molecular weight excluding hydrogens is 239 g/mol. The largest absolute Gasteiger partial charge is 0.417 e. The van der Waals surface area contributed by atoms with Crippen LogP contribution >= 0.6 is 11.6 Å². The van der Waals surface area contributed by atoms with Gasteiger partial charge in [-0.05, 0) is 39.0 Å². The first-order valence-electron chi connectivity index (χ1n) is 4.74. The molecule has 5 heteroatoms. The summed E-state index contributed by atoms with van der Waals surface area (Å²) >= 11 is 5.58. The Morgan fingerprint density at radius 3 is 2.06 bits per heavy atom. The fourth-order valence-electron chi connectivity index (χ4n) is 1.26. The van der Waals surface area contributed by atoms with Crippen molar-refractivity contribution in [2.75, 3.05) is 5.32 Å². The maximum atomic E-state index is 12.4. The van der Waals surface area contributed by atoms with Crippen LogP contribution in [0.5, 0.6) is 0 Å². The van der Waals surface area contributed by atoms with Gasteiger partial charge in [0, 0.05) is 11.2 Å². The van der Waals surface area contributed by atoms with Gasteiger partial charge in [-0.2, -0.15) is 13.2 Å². The number of hydrogen-bond acceptors (Lipinski definition) is 1. The van der Waals surface area contributed by atoms with E-state index in [0.717, 1.165) is 6.07 Å². The van der Waals surface area contributed by atoms with Crippen LogP contribution in [0.15, 0.2) is 18.2 Å². The van der Waals surface area contributed by atoms with E-state index in [-0.39, 0.29) is 10.6 Å². The van der Waals surface area contributed by atoms with Crippen molar-refractivity contribution in [2.24, 2.45) is 0 Å². The average Bonchev–Trinajstić information content (AvgIpc) is 1.97. The molecule has 1 rings (SSSR count). The molecule has 0 spiro atoms. The first-order chi connectivity index (χ1) is 7.09. The van der Waals surface area contributed by atoms with E-state index < -0.39 is 11.7 Å². The zero-order valence-corrected chi connectivity index (χ0v) is 10.00. The molecule has 0 saturated heterocycles. The third kappa shape index (κ3) is 3.59. The second kappa shape index (κ2) is 4.17. The van der Waals surface area contributed by atoms with Crippen LogP contribution in [0, 0.1) is 0 Å². The van der Waals surface area contributed by atoms with Crippen molar-refractivity contribution in [1.29, 1.82) is 0 Å². The van der Waals surface area contributed by atoms with Crippen molar-refractivity contribution in [1.82, 2.24) is 0 Å². The second-order valence-electron chi connectivity index (χ2n) is 4.57. The number of hydrogen-bond donors (Lipinski definition) is 1. The minimum Gasteiger partial charge on any atom is -0.380 e. The van der Waals surface area contributed by atoms with Gasteiger partial charge in [-0.15, -0.1) is 0 Å². The fraction of sp³-hybridized carbons (Fsp3) is 0.455. The highest BCUT2D eigenvalue weighted by Crippen LogP contribution is 2.36. The summed E-state index contributed by atoms with van der Waals surface area (Å²) in [4.78, 5) is 0. The van der Waals surface area contributed by atoms with E-state index in [1.54, 1.807) is 0 Å². The fourth-order valence-corrected chi connectivity index (χ4v) is 1.54. The van der Waals surface area contributed by atoms with Gasteiger partial charge in [-0.3, -0.25) is 0 Å². The Kier molecular flexibility index (Phi) is 3.43. The van der Waals surface area contributed by atoms with Gasteiger partial charge in [0.25, 0.3) is 0 Å². The summed E-state index contributed by atoms with van der Waals surface area (Å²) in [6.45, 7) is 5.75. The van der Waals surface area contributed by atoms with E-state index in [0.29, 0.717) is 5.69 Å². The summed E-state index contributed by atoms with van der Waals surface area (Å²) in [6.07, 6.45) is -4.41. The van der Waals surface area contributed by atoms with Crippen LogP contribution in [0.4, 0.5) is 18.9 Å². The lowest BCUT2D eigenvalue weighted by Crippen LogP contribution is -2.26. The van der Waals surface area contributed by atoms with Crippen LogP contribution in [0.1, 0.15) is 26.3 Å². The summed E-state index contributed by atoms with van der Waals surface area (Å²) in [5.74, 6) is 0. The minimum atomic E-state index is -4.41. The van der Waals surface area contributed by atoms with Gasteiger partial charge in [-0.25, -0.2) is 0 Å². The molecule has 16 heavy (non-hydrogen) atoms. The van der Waals surface area contributed by atoms with E-state index in [1.165, 1.54) is 12.1 Å². The SMILES string of the molecule is CC(C)(C)Nc1ccc(C(F)(F)F)c(Cl)c1. The molecule has 0 atom stereocenters. The molecule has 0 amide bonds. The Morgan fingerprint density at radius 1 is 1.12 bits per heavy atom. The van der Waals surface area contributed by atoms with Crippen molar-refractivity contribution in [2.45, 2.75) is 32.5 Å². The smallest absolute Gasteiger partial charge is 0.380 e. The van der Waals surface area contributed by atoms with Crippen LogP contribution < -0.4 is 5.32 Å². The summed E-state index contributed by atoms with van der Waals surface area (Å²) in [6, 6.07) is 3.64. The average molecular weight is 252 g/mol. The second-order valence-corrected chi connectivity index (χ2v) is 4.97. The molecule has 1 aromatic carbocycles. The Hall–Kier alpha value is -0.900. The molecule has 1 aromatic rings. The topological polar surface area (TPSA) is 12.0 Å². The molecule has 0 fully saturated rings. The lowest BCUT2D eigenvalue weighted by atomic mass is 10.1. The van der Waals surface area contributed by atoms with Gasteiger partial charge in [0.1, 0.15) is 0 Å². The summed E-state index contributed by atoms with van der Waals surface area (Å²) in [7, 11) is 0. The summed E-state index contributed by atoms with van der Waals surface area (Å²) in [5.41, 5.74) is -0.456. The van der Waals surface area contributed by atoms with Crippen molar-refractivity contribution in [3.8, 4) is 0 Å². The Labute approximate surface area is 97.6 Å². The zero-order valence-electron chi connectivity index (χ0n) is 9.24. The third-order valence-electron chi connectivity index (χ3n) is 1.79. The lowest BCUT2D eigenvalue weighted by Gasteiger charge is -2.22. The molecular formula is C11H13ClF3N. The molecule has 0 unspecified atom stereocenters. The predicted octanol–water partition coefficient (Wildman–Crippen LogP) is 4.57. The van der Waals surface area contributed by atoms with E-state index in [1.807, 2.05) is 20.8 Å².